The molecule has 0 spiro atoms. The summed E-state index contributed by atoms with van der Waals surface area (Å²) in [5, 5.41) is 11.2. The number of hydrogen-bond donors (Lipinski definition) is 0. The number of non-ortho nitro benzene ring substituents is 1. The van der Waals surface area contributed by atoms with E-state index in [1.807, 2.05) is 6.92 Å². The highest BCUT2D eigenvalue weighted by Crippen LogP contribution is 2.34. The minimum atomic E-state index is -0.706. The number of methoxy groups -OCH3 is 1. The highest BCUT2D eigenvalue weighted by molar-refractivity contribution is 6.34. The van der Waals surface area contributed by atoms with Gasteiger partial charge >= 0.3 is 5.97 Å². The molecule has 0 aliphatic carbocycles. The summed E-state index contributed by atoms with van der Waals surface area (Å²) < 4.78 is 16.1. The summed E-state index contributed by atoms with van der Waals surface area (Å²) in [6, 6.07) is 9.02. The van der Waals surface area contributed by atoms with Crippen LogP contribution in [0.4, 0.5) is 5.69 Å². The van der Waals surface area contributed by atoms with Gasteiger partial charge in [-0.15, -0.1) is 0 Å². The quantitative estimate of drug-likeness (QED) is 0.313. The molecule has 1 aliphatic heterocycles. The molecule has 0 unspecified atom stereocenters. The zero-order chi connectivity index (χ0) is 20.3. The number of nitro groups is 1. The molecule has 0 radical (unpaired) electrons. The third-order valence-corrected chi connectivity index (χ3v) is 4.15. The first-order valence-electron chi connectivity index (χ1n) is 8.21. The van der Waals surface area contributed by atoms with Gasteiger partial charge in [-0.3, -0.25) is 10.1 Å². The number of cyclic esters (lactones) is 1. The predicted octanol–water partition coefficient (Wildman–Crippen LogP) is 4.00. The van der Waals surface area contributed by atoms with Crippen molar-refractivity contribution in [1.82, 2.24) is 0 Å². The number of benzene rings is 2. The van der Waals surface area contributed by atoms with E-state index in [1.165, 1.54) is 31.4 Å². The number of halogens is 1. The fourth-order valence-electron chi connectivity index (χ4n) is 2.57. The van der Waals surface area contributed by atoms with Gasteiger partial charge in [0.2, 0.25) is 5.90 Å². The van der Waals surface area contributed by atoms with Crippen molar-refractivity contribution < 1.29 is 23.9 Å². The number of carbonyl (C=O) groups is 1. The minimum Gasteiger partial charge on any atom is -0.493 e. The van der Waals surface area contributed by atoms with Gasteiger partial charge in [0.05, 0.1) is 29.2 Å². The third-order valence-electron chi connectivity index (χ3n) is 3.82. The van der Waals surface area contributed by atoms with Crippen molar-refractivity contribution in [3.63, 3.8) is 0 Å². The van der Waals surface area contributed by atoms with E-state index in [9.17, 15) is 14.9 Å². The number of nitrogens with zero attached hydrogens (tertiary/aromatic N) is 2. The summed E-state index contributed by atoms with van der Waals surface area (Å²) in [6.45, 7) is 2.23. The summed E-state index contributed by atoms with van der Waals surface area (Å²) in [5.74, 6) is 0.159. The largest absolute Gasteiger partial charge is 0.493 e. The van der Waals surface area contributed by atoms with E-state index in [-0.39, 0.29) is 27.9 Å². The Kier molecular flexibility index (Phi) is 5.60. The molecule has 1 aliphatic rings. The van der Waals surface area contributed by atoms with Gasteiger partial charge in [-0.05, 0) is 25.1 Å². The molecule has 144 valence electrons. The van der Waals surface area contributed by atoms with Crippen molar-refractivity contribution in [3.05, 3.63) is 68.4 Å². The maximum absolute atomic E-state index is 12.3. The molecule has 3 rings (SSSR count). The maximum Gasteiger partial charge on any atom is 0.363 e. The van der Waals surface area contributed by atoms with Gasteiger partial charge in [0.1, 0.15) is 0 Å². The number of rotatable bonds is 6. The fraction of sp³-hybridized carbons (Fsp3) is 0.158. The zero-order valence-electron chi connectivity index (χ0n) is 15.0. The van der Waals surface area contributed by atoms with E-state index in [0.717, 1.165) is 0 Å². The average molecular weight is 403 g/mol. The van der Waals surface area contributed by atoms with Crippen LogP contribution >= 0.6 is 11.6 Å². The summed E-state index contributed by atoms with van der Waals surface area (Å²) in [7, 11) is 1.51. The van der Waals surface area contributed by atoms with Gasteiger partial charge in [-0.1, -0.05) is 23.7 Å². The van der Waals surface area contributed by atoms with Crippen LogP contribution in [0.1, 0.15) is 18.1 Å². The van der Waals surface area contributed by atoms with E-state index in [4.69, 9.17) is 25.8 Å². The molecule has 1 heterocycles. The lowest BCUT2D eigenvalue weighted by Crippen LogP contribution is -2.06. The first-order chi connectivity index (χ1) is 13.4. The molecule has 0 amide bonds. The normalized spacial score (nSPS) is 14.6. The van der Waals surface area contributed by atoms with Crippen LogP contribution in [-0.4, -0.2) is 30.5 Å². The molecular weight excluding hydrogens is 388 g/mol. The summed E-state index contributed by atoms with van der Waals surface area (Å²) in [4.78, 5) is 26.8. The van der Waals surface area contributed by atoms with Crippen LogP contribution in [-0.2, 0) is 9.53 Å². The Hall–Kier alpha value is -3.39. The number of hydrogen-bond acceptors (Lipinski definition) is 7. The molecule has 8 nitrogen and oxygen atoms in total. The molecule has 2 aromatic carbocycles. The van der Waals surface area contributed by atoms with Crippen molar-refractivity contribution >= 4 is 35.2 Å². The van der Waals surface area contributed by atoms with E-state index in [0.29, 0.717) is 23.7 Å². The van der Waals surface area contributed by atoms with Crippen molar-refractivity contribution in [2.24, 2.45) is 4.99 Å². The smallest absolute Gasteiger partial charge is 0.363 e. The predicted molar refractivity (Wildman–Crippen MR) is 103 cm³/mol. The van der Waals surface area contributed by atoms with Crippen molar-refractivity contribution in [3.8, 4) is 11.5 Å². The zero-order valence-corrected chi connectivity index (χ0v) is 15.7. The molecule has 28 heavy (non-hydrogen) atoms. The summed E-state index contributed by atoms with van der Waals surface area (Å²) >= 11 is 6.09. The first-order valence-corrected chi connectivity index (χ1v) is 8.59. The molecule has 0 atom stereocenters. The second kappa shape index (κ2) is 8.10. The average Bonchev–Trinajstić information content (AvgIpc) is 3.03. The number of para-hydroxylation sites is 1. The van der Waals surface area contributed by atoms with Crippen LogP contribution < -0.4 is 9.47 Å². The van der Waals surface area contributed by atoms with Crippen LogP contribution in [0.15, 0.2) is 47.1 Å². The van der Waals surface area contributed by atoms with Gasteiger partial charge in [0.25, 0.3) is 5.69 Å². The Morgan fingerprint density at radius 2 is 2.11 bits per heavy atom. The van der Waals surface area contributed by atoms with Gasteiger partial charge in [-0.25, -0.2) is 9.79 Å². The molecule has 2 aromatic rings. The van der Waals surface area contributed by atoms with Crippen LogP contribution in [0, 0.1) is 10.1 Å². The molecule has 0 aromatic heterocycles. The van der Waals surface area contributed by atoms with Gasteiger partial charge in [0.15, 0.2) is 17.2 Å². The molecule has 9 heteroatoms. The Bertz CT molecular complexity index is 1020. The molecule has 0 bridgehead atoms. The number of carbonyl (C=O) groups excluding carboxylic acids is 1. The van der Waals surface area contributed by atoms with Gasteiger partial charge in [-0.2, -0.15) is 0 Å². The Morgan fingerprint density at radius 3 is 2.79 bits per heavy atom. The second-order valence-corrected chi connectivity index (χ2v) is 5.98. The first kappa shape index (κ1) is 19.4. The lowest BCUT2D eigenvalue weighted by Gasteiger charge is -2.11. The van der Waals surface area contributed by atoms with E-state index >= 15 is 0 Å². The SMILES string of the molecule is CCOc1c(/C=C2\N=C(c3cc([N+](=O)[O-])ccc3Cl)OC2=O)cccc1OC. The Morgan fingerprint density at radius 1 is 1.32 bits per heavy atom. The van der Waals surface area contributed by atoms with Crippen LogP contribution in [0.3, 0.4) is 0 Å². The lowest BCUT2D eigenvalue weighted by molar-refractivity contribution is -0.384. The molecule has 0 saturated heterocycles. The molecular formula is C19H15ClN2O6. The van der Waals surface area contributed by atoms with Crippen LogP contribution in [0.5, 0.6) is 11.5 Å². The van der Waals surface area contributed by atoms with E-state index < -0.39 is 10.9 Å². The molecule has 0 fully saturated rings. The number of nitro benzene ring substituents is 1. The second-order valence-electron chi connectivity index (χ2n) is 5.57. The van der Waals surface area contributed by atoms with Gasteiger partial charge in [0, 0.05) is 17.7 Å². The van der Waals surface area contributed by atoms with Crippen molar-refractivity contribution in [2.75, 3.05) is 13.7 Å². The minimum absolute atomic E-state index is 0.00628. The summed E-state index contributed by atoms with van der Waals surface area (Å²) in [5.41, 5.74) is 0.542. The molecule has 0 saturated carbocycles. The van der Waals surface area contributed by atoms with E-state index in [2.05, 4.69) is 4.99 Å². The molecule has 0 N–H and O–H groups in total. The third kappa shape index (κ3) is 3.81. The fourth-order valence-corrected chi connectivity index (χ4v) is 2.77. The van der Waals surface area contributed by atoms with Crippen LogP contribution in [0.2, 0.25) is 5.02 Å². The highest BCUT2D eigenvalue weighted by Gasteiger charge is 2.27. The van der Waals surface area contributed by atoms with Crippen LogP contribution in [0.25, 0.3) is 6.08 Å². The highest BCUT2D eigenvalue weighted by atomic mass is 35.5. The number of esters is 1. The standard InChI is InChI=1S/C19H15ClN2O6/c1-3-27-17-11(5-4-6-16(17)26-2)9-15-19(23)28-18(21-15)13-10-12(22(24)25)7-8-14(13)20/h4-10H,3H2,1-2H3/b15-9-. The lowest BCUT2D eigenvalue weighted by atomic mass is 10.1. The number of ether oxygens (including phenoxy) is 3. The number of aliphatic imine (C=N–C) groups is 1. The van der Waals surface area contributed by atoms with Crippen molar-refractivity contribution in [1.29, 1.82) is 0 Å². The van der Waals surface area contributed by atoms with Crippen molar-refractivity contribution in [2.45, 2.75) is 6.92 Å². The Labute approximate surface area is 165 Å². The topological polar surface area (TPSA) is 100 Å². The Balaban J connectivity index is 2.04. The van der Waals surface area contributed by atoms with E-state index in [1.54, 1.807) is 18.2 Å². The maximum atomic E-state index is 12.3. The summed E-state index contributed by atoms with van der Waals surface area (Å²) in [6.07, 6.45) is 1.49. The monoisotopic (exact) mass is 402 g/mol. The van der Waals surface area contributed by atoms with Gasteiger partial charge < -0.3 is 14.2 Å².